The molecule has 0 fully saturated rings. The molecule has 2 nitrogen and oxygen atoms in total. The van der Waals surface area contributed by atoms with Gasteiger partial charge in [-0.25, -0.2) is 0 Å². The van der Waals surface area contributed by atoms with Gasteiger partial charge in [-0.15, -0.1) is 0 Å². The summed E-state index contributed by atoms with van der Waals surface area (Å²) in [5.41, 5.74) is 0. The van der Waals surface area contributed by atoms with Gasteiger partial charge in [-0.1, -0.05) is 39.7 Å². The second kappa shape index (κ2) is 8.27. The summed E-state index contributed by atoms with van der Waals surface area (Å²) >= 11 is 0. The number of rotatable bonds is 8. The van der Waals surface area contributed by atoms with E-state index in [2.05, 4.69) is 20.4 Å². The molecule has 2 unspecified atom stereocenters. The van der Waals surface area contributed by atoms with Crippen molar-refractivity contribution in [2.75, 3.05) is 6.61 Å². The SMILES string of the molecule is C=CC([O])OCC(CC)CCCC. The minimum absolute atomic E-state index is 0.538. The van der Waals surface area contributed by atoms with E-state index in [-0.39, 0.29) is 0 Å². The molecule has 0 aliphatic rings. The summed E-state index contributed by atoms with van der Waals surface area (Å²) in [6, 6.07) is 0. The van der Waals surface area contributed by atoms with Gasteiger partial charge in [0, 0.05) is 0 Å². The van der Waals surface area contributed by atoms with Crippen LogP contribution in [0.3, 0.4) is 0 Å². The third-order valence-corrected chi connectivity index (χ3v) is 2.23. The molecule has 0 saturated carbocycles. The van der Waals surface area contributed by atoms with Gasteiger partial charge in [0.15, 0.2) is 0 Å². The van der Waals surface area contributed by atoms with Crippen molar-refractivity contribution < 1.29 is 9.84 Å². The van der Waals surface area contributed by atoms with Crippen molar-refractivity contribution in [3.63, 3.8) is 0 Å². The van der Waals surface area contributed by atoms with E-state index in [1.165, 1.54) is 18.9 Å². The molecule has 1 radical (unpaired) electrons. The van der Waals surface area contributed by atoms with Crippen LogP contribution in [-0.2, 0) is 9.84 Å². The fraction of sp³-hybridized carbons (Fsp3) is 0.818. The van der Waals surface area contributed by atoms with Gasteiger partial charge < -0.3 is 4.74 Å². The van der Waals surface area contributed by atoms with Crippen molar-refractivity contribution in [1.29, 1.82) is 0 Å². The maximum Gasteiger partial charge on any atom is 0.210 e. The summed E-state index contributed by atoms with van der Waals surface area (Å²) in [5.74, 6) is 0.538. The van der Waals surface area contributed by atoms with Crippen LogP contribution in [0.15, 0.2) is 12.7 Å². The molecular formula is C11H21O2. The van der Waals surface area contributed by atoms with E-state index >= 15 is 0 Å². The zero-order valence-corrected chi connectivity index (χ0v) is 8.79. The van der Waals surface area contributed by atoms with E-state index in [0.717, 1.165) is 12.8 Å². The predicted octanol–water partition coefficient (Wildman–Crippen LogP) is 3.16. The Bertz CT molecular complexity index is 123. The second-order valence-electron chi connectivity index (χ2n) is 3.35. The summed E-state index contributed by atoms with van der Waals surface area (Å²) in [6.45, 7) is 8.28. The molecule has 13 heavy (non-hydrogen) atoms. The van der Waals surface area contributed by atoms with Gasteiger partial charge in [-0.2, -0.15) is 5.11 Å². The van der Waals surface area contributed by atoms with Gasteiger partial charge in [-0.05, 0) is 18.4 Å². The molecule has 0 N–H and O–H groups in total. The van der Waals surface area contributed by atoms with Gasteiger partial charge in [0.2, 0.25) is 6.29 Å². The lowest BCUT2D eigenvalue weighted by Crippen LogP contribution is -2.14. The van der Waals surface area contributed by atoms with E-state index in [1.54, 1.807) is 0 Å². The Balaban J connectivity index is 3.52. The first-order chi connectivity index (χ1) is 6.24. The van der Waals surface area contributed by atoms with Crippen molar-refractivity contribution in [2.45, 2.75) is 45.8 Å². The van der Waals surface area contributed by atoms with Gasteiger partial charge in [0.25, 0.3) is 0 Å². The first kappa shape index (κ1) is 12.7. The number of hydrogen-bond donors (Lipinski definition) is 0. The molecule has 0 aromatic carbocycles. The summed E-state index contributed by atoms with van der Waals surface area (Å²) in [7, 11) is 0. The highest BCUT2D eigenvalue weighted by Crippen LogP contribution is 2.13. The number of unbranched alkanes of at least 4 members (excludes halogenated alkanes) is 1. The van der Waals surface area contributed by atoms with Crippen molar-refractivity contribution >= 4 is 0 Å². The first-order valence-electron chi connectivity index (χ1n) is 5.14. The molecular weight excluding hydrogens is 164 g/mol. The van der Waals surface area contributed by atoms with E-state index in [1.807, 2.05) is 0 Å². The number of ether oxygens (including phenoxy) is 1. The topological polar surface area (TPSA) is 29.1 Å². The van der Waals surface area contributed by atoms with Gasteiger partial charge in [0.1, 0.15) is 0 Å². The fourth-order valence-electron chi connectivity index (χ4n) is 1.20. The molecule has 0 aromatic heterocycles. The molecule has 0 aromatic rings. The summed E-state index contributed by atoms with van der Waals surface area (Å²) in [6.07, 6.45) is 4.93. The van der Waals surface area contributed by atoms with E-state index in [9.17, 15) is 5.11 Å². The van der Waals surface area contributed by atoms with E-state index in [4.69, 9.17) is 4.74 Å². The largest absolute Gasteiger partial charge is 0.346 e. The maximum absolute atomic E-state index is 10.8. The maximum atomic E-state index is 10.8. The van der Waals surface area contributed by atoms with Crippen molar-refractivity contribution in [3.05, 3.63) is 12.7 Å². The lowest BCUT2D eigenvalue weighted by molar-refractivity contribution is -0.116. The number of hydrogen-bond acceptors (Lipinski definition) is 1. The lowest BCUT2D eigenvalue weighted by Gasteiger charge is -2.15. The lowest BCUT2D eigenvalue weighted by atomic mass is 10.0. The van der Waals surface area contributed by atoms with Gasteiger partial charge >= 0.3 is 0 Å². The molecule has 0 heterocycles. The summed E-state index contributed by atoms with van der Waals surface area (Å²) < 4.78 is 5.07. The van der Waals surface area contributed by atoms with Gasteiger partial charge in [-0.3, -0.25) is 0 Å². The Kier molecular flexibility index (Phi) is 8.05. The molecule has 0 amide bonds. The zero-order valence-electron chi connectivity index (χ0n) is 8.79. The van der Waals surface area contributed by atoms with Crippen molar-refractivity contribution in [3.8, 4) is 0 Å². The van der Waals surface area contributed by atoms with Crippen LogP contribution in [0.25, 0.3) is 0 Å². The average Bonchev–Trinajstić information content (AvgIpc) is 2.17. The highest BCUT2D eigenvalue weighted by molar-refractivity contribution is 4.70. The minimum Gasteiger partial charge on any atom is -0.346 e. The fourth-order valence-corrected chi connectivity index (χ4v) is 1.20. The molecule has 0 spiro atoms. The first-order valence-corrected chi connectivity index (χ1v) is 5.14. The molecule has 2 heteroatoms. The zero-order chi connectivity index (χ0) is 10.1. The molecule has 77 valence electrons. The smallest absolute Gasteiger partial charge is 0.210 e. The Hall–Kier alpha value is -0.340. The van der Waals surface area contributed by atoms with Crippen LogP contribution in [0.1, 0.15) is 39.5 Å². The summed E-state index contributed by atoms with van der Waals surface area (Å²) in [5, 5.41) is 10.8. The Morgan fingerprint density at radius 2 is 2.15 bits per heavy atom. The van der Waals surface area contributed by atoms with Crippen LogP contribution in [0.5, 0.6) is 0 Å². The Morgan fingerprint density at radius 1 is 1.46 bits per heavy atom. The molecule has 2 atom stereocenters. The highest BCUT2D eigenvalue weighted by atomic mass is 16.6. The molecule has 0 bridgehead atoms. The second-order valence-corrected chi connectivity index (χ2v) is 3.35. The van der Waals surface area contributed by atoms with Crippen LogP contribution < -0.4 is 0 Å². The highest BCUT2D eigenvalue weighted by Gasteiger charge is 2.08. The molecule has 0 saturated heterocycles. The Morgan fingerprint density at radius 3 is 2.62 bits per heavy atom. The van der Waals surface area contributed by atoms with E-state index in [0.29, 0.717) is 12.5 Å². The summed E-state index contributed by atoms with van der Waals surface area (Å²) in [4.78, 5) is 0. The average molecular weight is 185 g/mol. The quantitative estimate of drug-likeness (QED) is 0.422. The van der Waals surface area contributed by atoms with Crippen molar-refractivity contribution in [2.24, 2.45) is 5.92 Å². The third-order valence-electron chi connectivity index (χ3n) is 2.23. The monoisotopic (exact) mass is 185 g/mol. The van der Waals surface area contributed by atoms with Crippen LogP contribution >= 0.6 is 0 Å². The Labute approximate surface area is 81.6 Å². The van der Waals surface area contributed by atoms with Crippen LogP contribution in [-0.4, -0.2) is 12.9 Å². The molecule has 0 aliphatic heterocycles. The van der Waals surface area contributed by atoms with E-state index < -0.39 is 6.29 Å². The molecule has 0 rings (SSSR count). The standard InChI is InChI=1S/C11H21O2/c1-4-7-8-10(5-2)9-13-11(12)6-3/h6,10-11H,3-5,7-9H2,1-2H3. The normalized spacial score (nSPS) is 15.3. The van der Waals surface area contributed by atoms with Gasteiger partial charge in [0.05, 0.1) is 6.61 Å². The van der Waals surface area contributed by atoms with Crippen LogP contribution in [0.4, 0.5) is 0 Å². The van der Waals surface area contributed by atoms with Crippen molar-refractivity contribution in [1.82, 2.24) is 0 Å². The van der Waals surface area contributed by atoms with Crippen LogP contribution in [0.2, 0.25) is 0 Å². The minimum atomic E-state index is -1.05. The molecule has 0 aliphatic carbocycles. The van der Waals surface area contributed by atoms with Crippen LogP contribution in [0, 0.1) is 5.92 Å². The third kappa shape index (κ3) is 6.79. The predicted molar refractivity (Wildman–Crippen MR) is 53.9 cm³/mol.